The van der Waals surface area contributed by atoms with E-state index in [0.717, 1.165) is 16.5 Å². The van der Waals surface area contributed by atoms with Gasteiger partial charge in [0.2, 0.25) is 6.41 Å². The first-order valence-corrected chi connectivity index (χ1v) is 8.36. The van der Waals surface area contributed by atoms with E-state index in [4.69, 9.17) is 0 Å². The minimum atomic E-state index is -3.23. The van der Waals surface area contributed by atoms with Gasteiger partial charge in [0.25, 0.3) is 0 Å². The highest BCUT2D eigenvalue weighted by Gasteiger charge is 2.12. The van der Waals surface area contributed by atoms with E-state index in [1.165, 1.54) is 6.26 Å². The zero-order valence-corrected chi connectivity index (χ0v) is 12.5. The third-order valence-electron chi connectivity index (χ3n) is 3.38. The summed E-state index contributed by atoms with van der Waals surface area (Å²) in [5.41, 5.74) is 2.97. The Morgan fingerprint density at radius 1 is 1.18 bits per heavy atom. The topological polar surface area (TPSA) is 91.9 Å². The van der Waals surface area contributed by atoms with E-state index in [1.807, 2.05) is 6.07 Å². The lowest BCUT2D eigenvalue weighted by Gasteiger charge is -2.06. The maximum Gasteiger partial charge on any atom is 0.211 e. The van der Waals surface area contributed by atoms with E-state index in [9.17, 15) is 13.2 Å². The van der Waals surface area contributed by atoms with E-state index >= 15 is 0 Å². The lowest BCUT2D eigenvalue weighted by Crippen LogP contribution is -1.96. The molecular formula is C15H13N3O3S. The molecule has 0 fully saturated rings. The molecule has 0 saturated carbocycles. The first-order chi connectivity index (χ1) is 10.5. The summed E-state index contributed by atoms with van der Waals surface area (Å²) in [6, 6.07) is 8.43. The Kier molecular flexibility index (Phi) is 3.42. The van der Waals surface area contributed by atoms with Gasteiger partial charge in [-0.3, -0.25) is 4.79 Å². The number of aromatic nitrogens is 2. The summed E-state index contributed by atoms with van der Waals surface area (Å²) in [7, 11) is -3.23. The number of nitrogens with zero attached hydrogens (tertiary/aromatic N) is 1. The number of aromatic amines is 1. The van der Waals surface area contributed by atoms with Gasteiger partial charge in [0.1, 0.15) is 5.65 Å². The quantitative estimate of drug-likeness (QED) is 0.722. The Morgan fingerprint density at radius 2 is 1.91 bits per heavy atom. The van der Waals surface area contributed by atoms with E-state index in [1.54, 1.807) is 36.7 Å². The van der Waals surface area contributed by atoms with Crippen LogP contribution in [0.2, 0.25) is 0 Å². The number of fused-ring (bicyclic) bond motifs is 1. The summed E-state index contributed by atoms with van der Waals surface area (Å²) >= 11 is 0. The minimum absolute atomic E-state index is 0.266. The fourth-order valence-corrected chi connectivity index (χ4v) is 2.99. The van der Waals surface area contributed by atoms with Crippen molar-refractivity contribution in [2.75, 3.05) is 11.6 Å². The number of hydrogen-bond donors (Lipinski definition) is 2. The molecule has 0 spiro atoms. The van der Waals surface area contributed by atoms with E-state index < -0.39 is 9.84 Å². The molecule has 0 saturated heterocycles. The van der Waals surface area contributed by atoms with Crippen LogP contribution in [0.4, 0.5) is 5.69 Å². The van der Waals surface area contributed by atoms with Gasteiger partial charge in [-0.15, -0.1) is 0 Å². The Morgan fingerprint density at radius 3 is 2.55 bits per heavy atom. The number of anilines is 1. The van der Waals surface area contributed by atoms with Gasteiger partial charge in [0.15, 0.2) is 9.84 Å². The summed E-state index contributed by atoms with van der Waals surface area (Å²) in [5, 5.41) is 3.41. The number of sulfone groups is 1. The second-order valence-electron chi connectivity index (χ2n) is 4.84. The average molecular weight is 315 g/mol. The fourth-order valence-electron chi connectivity index (χ4n) is 2.36. The van der Waals surface area contributed by atoms with Crippen LogP contribution in [-0.4, -0.2) is 31.1 Å². The molecule has 3 aromatic rings. The van der Waals surface area contributed by atoms with Crippen molar-refractivity contribution in [1.82, 2.24) is 9.97 Å². The van der Waals surface area contributed by atoms with Gasteiger partial charge in [0, 0.05) is 18.6 Å². The normalized spacial score (nSPS) is 11.5. The lowest BCUT2D eigenvalue weighted by molar-refractivity contribution is -0.105. The fraction of sp³-hybridized carbons (Fsp3) is 0.0667. The largest absolute Gasteiger partial charge is 0.344 e. The Labute approximate surface area is 127 Å². The Balaban J connectivity index is 2.17. The summed E-state index contributed by atoms with van der Waals surface area (Å²) in [4.78, 5) is 18.2. The number of benzene rings is 1. The standard InChI is InChI=1S/C15H13N3O3S/c1-22(20,21)11-4-2-10(3-5-11)12-6-7-16-15-14(12)13(8-17-15)18-9-19/h2-9H,1H3,(H,16,17)(H,18,19). The van der Waals surface area contributed by atoms with Crippen molar-refractivity contribution in [2.45, 2.75) is 4.90 Å². The van der Waals surface area contributed by atoms with Gasteiger partial charge in [-0.25, -0.2) is 13.4 Å². The summed E-state index contributed by atoms with van der Waals surface area (Å²) in [5.74, 6) is 0. The van der Waals surface area contributed by atoms with Gasteiger partial charge in [-0.2, -0.15) is 0 Å². The molecule has 7 heteroatoms. The van der Waals surface area contributed by atoms with Crippen molar-refractivity contribution in [3.05, 3.63) is 42.7 Å². The number of pyridine rings is 1. The van der Waals surface area contributed by atoms with Crippen molar-refractivity contribution in [3.63, 3.8) is 0 Å². The van der Waals surface area contributed by atoms with Crippen LogP contribution in [0.15, 0.2) is 47.6 Å². The van der Waals surface area contributed by atoms with Crippen LogP contribution < -0.4 is 5.32 Å². The number of nitrogens with one attached hydrogen (secondary N) is 2. The zero-order chi connectivity index (χ0) is 15.7. The molecule has 6 nitrogen and oxygen atoms in total. The number of rotatable bonds is 4. The summed E-state index contributed by atoms with van der Waals surface area (Å²) in [6.45, 7) is 0. The van der Waals surface area contributed by atoms with Crippen LogP contribution in [0.25, 0.3) is 22.2 Å². The number of hydrogen-bond acceptors (Lipinski definition) is 4. The Hall–Kier alpha value is -2.67. The molecule has 0 radical (unpaired) electrons. The molecular weight excluding hydrogens is 302 g/mol. The first-order valence-electron chi connectivity index (χ1n) is 6.47. The summed E-state index contributed by atoms with van der Waals surface area (Å²) in [6.07, 6.45) is 5.10. The van der Waals surface area contributed by atoms with Crippen LogP contribution in [0.3, 0.4) is 0 Å². The van der Waals surface area contributed by atoms with Crippen molar-refractivity contribution < 1.29 is 13.2 Å². The molecule has 0 aliphatic rings. The molecule has 0 atom stereocenters. The van der Waals surface area contributed by atoms with Crippen molar-refractivity contribution in [2.24, 2.45) is 0 Å². The molecule has 2 aromatic heterocycles. The molecule has 112 valence electrons. The van der Waals surface area contributed by atoms with Gasteiger partial charge in [-0.1, -0.05) is 12.1 Å². The molecule has 3 rings (SSSR count). The number of amides is 1. The smallest absolute Gasteiger partial charge is 0.211 e. The number of H-pyrrole nitrogens is 1. The van der Waals surface area contributed by atoms with Crippen LogP contribution in [0, 0.1) is 0 Å². The first kappa shape index (κ1) is 14.3. The van der Waals surface area contributed by atoms with Crippen molar-refractivity contribution in [3.8, 4) is 11.1 Å². The lowest BCUT2D eigenvalue weighted by atomic mass is 10.0. The van der Waals surface area contributed by atoms with Crippen molar-refractivity contribution in [1.29, 1.82) is 0 Å². The molecule has 0 bridgehead atoms. The SMILES string of the molecule is CS(=O)(=O)c1ccc(-c2ccnc3[nH]cc(NC=O)c23)cc1. The van der Waals surface area contributed by atoms with E-state index in [0.29, 0.717) is 17.7 Å². The number of carbonyl (C=O) groups excluding carboxylic acids is 1. The van der Waals surface area contributed by atoms with Gasteiger partial charge in [-0.05, 0) is 29.3 Å². The monoisotopic (exact) mass is 315 g/mol. The maximum absolute atomic E-state index is 11.5. The minimum Gasteiger partial charge on any atom is -0.344 e. The highest BCUT2D eigenvalue weighted by Crippen LogP contribution is 2.33. The van der Waals surface area contributed by atoms with Crippen molar-refractivity contribution >= 4 is 33.0 Å². The van der Waals surface area contributed by atoms with Crippen LogP contribution in [0.1, 0.15) is 0 Å². The molecule has 0 aliphatic heterocycles. The van der Waals surface area contributed by atoms with Crippen LogP contribution in [-0.2, 0) is 14.6 Å². The third-order valence-corrected chi connectivity index (χ3v) is 4.51. The van der Waals surface area contributed by atoms with Crippen LogP contribution in [0.5, 0.6) is 0 Å². The van der Waals surface area contributed by atoms with E-state index in [2.05, 4.69) is 15.3 Å². The molecule has 22 heavy (non-hydrogen) atoms. The predicted octanol–water partition coefficient (Wildman–Crippen LogP) is 2.20. The van der Waals surface area contributed by atoms with Crippen LogP contribution >= 0.6 is 0 Å². The Bertz CT molecular complexity index is 944. The van der Waals surface area contributed by atoms with E-state index in [-0.39, 0.29) is 4.90 Å². The number of carbonyl (C=O) groups is 1. The molecule has 0 aliphatic carbocycles. The molecule has 1 aromatic carbocycles. The van der Waals surface area contributed by atoms with Gasteiger partial charge < -0.3 is 10.3 Å². The zero-order valence-electron chi connectivity index (χ0n) is 11.7. The second-order valence-corrected chi connectivity index (χ2v) is 6.86. The molecule has 0 unspecified atom stereocenters. The van der Waals surface area contributed by atoms with Gasteiger partial charge in [0.05, 0.1) is 16.0 Å². The maximum atomic E-state index is 11.5. The average Bonchev–Trinajstić information content (AvgIpc) is 2.90. The summed E-state index contributed by atoms with van der Waals surface area (Å²) < 4.78 is 23.1. The third kappa shape index (κ3) is 2.46. The highest BCUT2D eigenvalue weighted by atomic mass is 32.2. The molecule has 2 heterocycles. The molecule has 1 amide bonds. The highest BCUT2D eigenvalue weighted by molar-refractivity contribution is 7.90. The predicted molar refractivity (Wildman–Crippen MR) is 84.3 cm³/mol. The molecule has 2 N–H and O–H groups in total. The van der Waals surface area contributed by atoms with Gasteiger partial charge >= 0.3 is 0 Å². The second kappa shape index (κ2) is 5.27.